The highest BCUT2D eigenvalue weighted by molar-refractivity contribution is 7.91. The van der Waals surface area contributed by atoms with Gasteiger partial charge in [-0.05, 0) is 63.6 Å². The highest BCUT2D eigenvalue weighted by Crippen LogP contribution is 2.28. The van der Waals surface area contributed by atoms with E-state index in [9.17, 15) is 18.3 Å². The van der Waals surface area contributed by atoms with E-state index in [1.54, 1.807) is 26.8 Å². The van der Waals surface area contributed by atoms with E-state index in [2.05, 4.69) is 5.32 Å². The molecule has 7 heteroatoms. The van der Waals surface area contributed by atoms with E-state index in [1.165, 1.54) is 18.2 Å². The molecule has 2 rings (SSSR count). The maximum Gasteiger partial charge on any atom is 0.407 e. The zero-order valence-corrected chi connectivity index (χ0v) is 17.8. The standard InChI is InChI=1S/C21H33NO5S/c1-21(2,3)27-20(24)22-13-12-19(23)17-10-7-11-18(14-17)28(25,26)15-16-8-5-4-6-9-16/h7,10-11,14,16,19,23H,4-6,8-9,12-13,15H2,1-3H3,(H,22,24)/i19D. The van der Waals surface area contributed by atoms with Crippen molar-refractivity contribution < 1.29 is 24.4 Å². The molecule has 0 saturated heterocycles. The zero-order chi connectivity index (χ0) is 21.7. The van der Waals surface area contributed by atoms with Gasteiger partial charge in [0.25, 0.3) is 0 Å². The zero-order valence-electron chi connectivity index (χ0n) is 18.0. The Bertz CT molecular complexity index is 796. The topological polar surface area (TPSA) is 92.7 Å². The van der Waals surface area contributed by atoms with Crippen LogP contribution in [-0.2, 0) is 14.6 Å². The number of aliphatic hydroxyl groups is 1. The van der Waals surface area contributed by atoms with Crippen molar-refractivity contribution in [2.75, 3.05) is 12.3 Å². The van der Waals surface area contributed by atoms with Gasteiger partial charge in [-0.15, -0.1) is 0 Å². The van der Waals surface area contributed by atoms with Crippen molar-refractivity contribution in [2.24, 2.45) is 5.92 Å². The van der Waals surface area contributed by atoms with Crippen LogP contribution in [0, 0.1) is 5.92 Å². The molecule has 1 unspecified atom stereocenters. The van der Waals surface area contributed by atoms with Crippen LogP contribution in [0.25, 0.3) is 0 Å². The van der Waals surface area contributed by atoms with Gasteiger partial charge < -0.3 is 15.2 Å². The summed E-state index contributed by atoms with van der Waals surface area (Å²) < 4.78 is 38.9. The molecule has 28 heavy (non-hydrogen) atoms. The summed E-state index contributed by atoms with van der Waals surface area (Å²) in [5, 5.41) is 13.0. The number of carbonyl (C=O) groups is 1. The molecule has 1 aromatic carbocycles. The van der Waals surface area contributed by atoms with Gasteiger partial charge in [0.1, 0.15) is 5.60 Å². The summed E-state index contributed by atoms with van der Waals surface area (Å²) in [5.74, 6) is 0.276. The first kappa shape index (κ1) is 21.1. The molecule has 0 radical (unpaired) electrons. The summed E-state index contributed by atoms with van der Waals surface area (Å²) in [4.78, 5) is 11.8. The maximum atomic E-state index is 12.8. The summed E-state index contributed by atoms with van der Waals surface area (Å²) in [6.45, 7) is 5.25. The number of benzene rings is 1. The summed E-state index contributed by atoms with van der Waals surface area (Å²) in [6.07, 6.45) is 2.40. The van der Waals surface area contributed by atoms with E-state index in [1.807, 2.05) is 0 Å². The van der Waals surface area contributed by atoms with Crippen LogP contribution in [-0.4, -0.2) is 37.5 Å². The summed E-state index contributed by atoms with van der Waals surface area (Å²) in [6, 6.07) is 5.96. The van der Waals surface area contributed by atoms with Crippen molar-refractivity contribution in [1.82, 2.24) is 5.32 Å². The third kappa shape index (κ3) is 7.43. The molecule has 1 aliphatic carbocycles. The Morgan fingerprint density at radius 1 is 1.32 bits per heavy atom. The summed E-state index contributed by atoms with van der Waals surface area (Å²) in [7, 11) is -3.48. The van der Waals surface area contributed by atoms with E-state index >= 15 is 0 Å². The Morgan fingerprint density at radius 3 is 2.64 bits per heavy atom. The minimum Gasteiger partial charge on any atom is -0.444 e. The van der Waals surface area contributed by atoms with E-state index in [0.29, 0.717) is 0 Å². The van der Waals surface area contributed by atoms with Crippen LogP contribution in [0.2, 0.25) is 0 Å². The monoisotopic (exact) mass is 412 g/mol. The number of rotatable bonds is 7. The second-order valence-electron chi connectivity index (χ2n) is 8.44. The van der Waals surface area contributed by atoms with Gasteiger partial charge in [-0.1, -0.05) is 31.4 Å². The molecule has 0 spiro atoms. The molecule has 0 aromatic heterocycles. The molecular formula is C21H33NO5S. The van der Waals surface area contributed by atoms with E-state index in [0.717, 1.165) is 32.1 Å². The molecule has 1 atom stereocenters. The van der Waals surface area contributed by atoms with Crippen molar-refractivity contribution in [2.45, 2.75) is 75.9 Å². The molecule has 1 saturated carbocycles. The van der Waals surface area contributed by atoms with Gasteiger partial charge in [-0.25, -0.2) is 13.2 Å². The molecule has 0 aliphatic heterocycles. The van der Waals surface area contributed by atoms with Crippen LogP contribution in [0.5, 0.6) is 0 Å². The molecule has 2 N–H and O–H groups in total. The van der Waals surface area contributed by atoms with Crippen LogP contribution in [0.1, 0.15) is 72.3 Å². The van der Waals surface area contributed by atoms with Crippen LogP contribution < -0.4 is 5.32 Å². The molecule has 1 aliphatic rings. The summed E-state index contributed by atoms with van der Waals surface area (Å²) >= 11 is 0. The lowest BCUT2D eigenvalue weighted by Gasteiger charge is -2.21. The predicted molar refractivity (Wildman–Crippen MR) is 109 cm³/mol. The molecule has 158 valence electrons. The van der Waals surface area contributed by atoms with Crippen molar-refractivity contribution in [3.05, 3.63) is 29.8 Å². The summed E-state index contributed by atoms with van der Waals surface area (Å²) in [5.41, 5.74) is -0.448. The van der Waals surface area contributed by atoms with Crippen molar-refractivity contribution in [3.63, 3.8) is 0 Å². The molecule has 0 bridgehead atoms. The quantitative estimate of drug-likeness (QED) is 0.706. The lowest BCUT2D eigenvalue weighted by Crippen LogP contribution is -2.33. The average molecular weight is 413 g/mol. The van der Waals surface area contributed by atoms with Gasteiger partial charge in [-0.3, -0.25) is 0 Å². The van der Waals surface area contributed by atoms with Gasteiger partial charge >= 0.3 is 6.09 Å². The Balaban J connectivity index is 2.01. The molecule has 1 aromatic rings. The van der Waals surface area contributed by atoms with Crippen LogP contribution in [0.3, 0.4) is 0 Å². The minimum absolute atomic E-state index is 0.0218. The number of amides is 1. The third-order valence-electron chi connectivity index (χ3n) is 4.74. The number of hydrogen-bond acceptors (Lipinski definition) is 5. The van der Waals surface area contributed by atoms with Gasteiger partial charge in [0, 0.05) is 6.54 Å². The Kier molecular flexibility index (Phi) is 7.35. The van der Waals surface area contributed by atoms with Crippen molar-refractivity contribution in [1.29, 1.82) is 0 Å². The van der Waals surface area contributed by atoms with Crippen molar-refractivity contribution in [3.8, 4) is 0 Å². The van der Waals surface area contributed by atoms with Gasteiger partial charge in [0.05, 0.1) is 18.1 Å². The average Bonchev–Trinajstić information content (AvgIpc) is 2.60. The SMILES string of the molecule is [2H]C(O)(CCNC(=O)OC(C)(C)C)c1cccc(S(=O)(=O)CC2CCCCC2)c1. The van der Waals surface area contributed by atoms with E-state index < -0.39 is 27.6 Å². The molecular weight excluding hydrogens is 378 g/mol. The first-order chi connectivity index (χ1) is 13.4. The fourth-order valence-electron chi connectivity index (χ4n) is 3.37. The molecule has 1 amide bonds. The van der Waals surface area contributed by atoms with Gasteiger partial charge in [0.2, 0.25) is 0 Å². The highest BCUT2D eigenvalue weighted by Gasteiger charge is 2.24. The number of ether oxygens (including phenoxy) is 1. The van der Waals surface area contributed by atoms with E-state index in [4.69, 9.17) is 6.11 Å². The predicted octanol–water partition coefficient (Wildman–Crippen LogP) is 3.99. The second-order valence-corrected chi connectivity index (χ2v) is 10.5. The van der Waals surface area contributed by atoms with Crippen molar-refractivity contribution >= 4 is 15.9 Å². The molecule has 1 fully saturated rings. The fraction of sp³-hybridized carbons (Fsp3) is 0.667. The number of nitrogens with one attached hydrogen (secondary N) is 1. The first-order valence-electron chi connectivity index (χ1n) is 10.4. The maximum absolute atomic E-state index is 12.8. The molecule has 0 heterocycles. The van der Waals surface area contributed by atoms with Crippen LogP contribution in [0.4, 0.5) is 4.79 Å². The number of hydrogen-bond donors (Lipinski definition) is 2. The lowest BCUT2D eigenvalue weighted by atomic mass is 9.91. The Morgan fingerprint density at radius 2 is 2.00 bits per heavy atom. The number of alkyl carbamates (subject to hydrolysis) is 1. The minimum atomic E-state index is -3.48. The fourth-order valence-corrected chi connectivity index (χ4v) is 5.11. The Labute approximate surface area is 170 Å². The van der Waals surface area contributed by atoms with Crippen LogP contribution in [0.15, 0.2) is 29.2 Å². The smallest absolute Gasteiger partial charge is 0.407 e. The Hall–Kier alpha value is -1.60. The van der Waals surface area contributed by atoms with Gasteiger partial charge in [-0.2, -0.15) is 0 Å². The van der Waals surface area contributed by atoms with Gasteiger partial charge in [0.15, 0.2) is 9.84 Å². The normalized spacial score (nSPS) is 18.8. The molecule has 6 nitrogen and oxygen atoms in total. The number of sulfone groups is 1. The lowest BCUT2D eigenvalue weighted by molar-refractivity contribution is 0.0518. The van der Waals surface area contributed by atoms with Crippen LogP contribution >= 0.6 is 0 Å². The first-order valence-corrected chi connectivity index (χ1v) is 11.6. The van der Waals surface area contributed by atoms with E-state index in [-0.39, 0.29) is 35.1 Å². The highest BCUT2D eigenvalue weighted by atomic mass is 32.2. The third-order valence-corrected chi connectivity index (χ3v) is 6.62. The second kappa shape index (κ2) is 9.74. The largest absolute Gasteiger partial charge is 0.444 e. The number of carbonyl (C=O) groups excluding carboxylic acids is 1.